The Morgan fingerprint density at radius 1 is 1.75 bits per heavy atom. The Kier molecular flexibility index (Phi) is 2.88. The van der Waals surface area contributed by atoms with Crippen molar-refractivity contribution in [1.29, 1.82) is 0 Å². The van der Waals surface area contributed by atoms with Crippen LogP contribution in [0, 0.1) is 5.92 Å². The highest BCUT2D eigenvalue weighted by Crippen LogP contribution is 2.14. The van der Waals surface area contributed by atoms with Crippen molar-refractivity contribution < 1.29 is 15.0 Å². The molecule has 0 spiro atoms. The van der Waals surface area contributed by atoms with Gasteiger partial charge in [0.05, 0.1) is 0 Å². The molecule has 0 radical (unpaired) electrons. The van der Waals surface area contributed by atoms with Gasteiger partial charge in [-0.2, -0.15) is 0 Å². The molecule has 3 N–H and O–H groups in total. The molecular weight excluding hydrogens is 160 g/mol. The highest BCUT2D eigenvalue weighted by molar-refractivity contribution is 5.62. The average Bonchev–Trinajstić information content (AvgIpc) is 2.04. The Balaban J connectivity index is 2.46. The molecule has 0 aromatic heterocycles. The van der Waals surface area contributed by atoms with E-state index in [1.54, 1.807) is 0 Å². The molecule has 1 saturated heterocycles. The summed E-state index contributed by atoms with van der Waals surface area (Å²) in [5.41, 5.74) is 5.62. The Labute approximate surface area is 70.8 Å². The molecule has 0 aromatic carbocycles. The molecule has 1 rings (SSSR count). The van der Waals surface area contributed by atoms with Gasteiger partial charge in [-0.15, -0.1) is 0 Å². The van der Waals surface area contributed by atoms with E-state index in [1.165, 1.54) is 4.90 Å². The number of hydrogen-bond acceptors (Lipinski definition) is 4. The molecule has 12 heavy (non-hydrogen) atoms. The number of aliphatic hydroxyl groups excluding tert-OH is 1. The fourth-order valence-electron chi connectivity index (χ4n) is 1.42. The van der Waals surface area contributed by atoms with Gasteiger partial charge in [-0.3, -0.25) is 0 Å². The fourth-order valence-corrected chi connectivity index (χ4v) is 1.42. The van der Waals surface area contributed by atoms with Gasteiger partial charge in [0.15, 0.2) is 0 Å². The molecule has 0 bridgehead atoms. The lowest BCUT2D eigenvalue weighted by atomic mass is 9.93. The summed E-state index contributed by atoms with van der Waals surface area (Å²) in [7, 11) is 0. The van der Waals surface area contributed by atoms with Gasteiger partial charge in [0.25, 0.3) is 0 Å². The normalized spacial score (nSPS) is 30.3. The SMILES string of the molecule is N[C@@H]1CN(C(=O)[O-])CC[C@@H]1CO. The quantitative estimate of drug-likeness (QED) is 0.478. The molecular formula is C7H13N2O3-. The highest BCUT2D eigenvalue weighted by atomic mass is 16.4. The third-order valence-corrected chi connectivity index (χ3v) is 2.30. The fraction of sp³-hybridized carbons (Fsp3) is 0.857. The van der Waals surface area contributed by atoms with Crippen LogP contribution in [-0.4, -0.2) is 41.8 Å². The Morgan fingerprint density at radius 2 is 2.42 bits per heavy atom. The van der Waals surface area contributed by atoms with Crippen LogP contribution in [0.2, 0.25) is 0 Å². The van der Waals surface area contributed by atoms with E-state index in [9.17, 15) is 9.90 Å². The van der Waals surface area contributed by atoms with Crippen LogP contribution in [0.1, 0.15) is 6.42 Å². The van der Waals surface area contributed by atoms with E-state index in [2.05, 4.69) is 0 Å². The number of piperidine rings is 1. The van der Waals surface area contributed by atoms with E-state index in [4.69, 9.17) is 10.8 Å². The molecule has 5 nitrogen and oxygen atoms in total. The Bertz CT molecular complexity index is 174. The zero-order valence-electron chi connectivity index (χ0n) is 6.77. The van der Waals surface area contributed by atoms with E-state index in [0.29, 0.717) is 13.0 Å². The molecule has 0 saturated carbocycles. The number of rotatable bonds is 1. The number of amides is 1. The third kappa shape index (κ3) is 1.86. The van der Waals surface area contributed by atoms with Crippen molar-refractivity contribution in [3.05, 3.63) is 0 Å². The monoisotopic (exact) mass is 173 g/mol. The van der Waals surface area contributed by atoms with Gasteiger partial charge < -0.3 is 25.6 Å². The van der Waals surface area contributed by atoms with E-state index in [-0.39, 0.29) is 25.1 Å². The minimum atomic E-state index is -1.18. The van der Waals surface area contributed by atoms with Gasteiger partial charge in [-0.05, 0) is 6.42 Å². The maximum absolute atomic E-state index is 10.4. The molecule has 1 aliphatic rings. The van der Waals surface area contributed by atoms with Crippen molar-refractivity contribution in [3.8, 4) is 0 Å². The van der Waals surface area contributed by atoms with Gasteiger partial charge in [0, 0.05) is 31.7 Å². The third-order valence-electron chi connectivity index (χ3n) is 2.30. The molecule has 1 amide bonds. The number of carbonyl (C=O) groups excluding carboxylic acids is 1. The number of carboxylic acid groups (broad SMARTS) is 1. The van der Waals surface area contributed by atoms with Crippen LogP contribution in [-0.2, 0) is 0 Å². The topological polar surface area (TPSA) is 89.6 Å². The van der Waals surface area contributed by atoms with Gasteiger partial charge in [-0.25, -0.2) is 0 Å². The standard InChI is InChI=1S/C7H14N2O3/c8-6-3-9(7(11)12)2-1-5(6)4-10/h5-6,10H,1-4,8H2,(H,11,12)/p-1/t5-,6-/m1/s1. The van der Waals surface area contributed by atoms with Crippen LogP contribution < -0.4 is 10.8 Å². The number of aliphatic hydroxyl groups is 1. The summed E-state index contributed by atoms with van der Waals surface area (Å²) in [6, 6.07) is -0.262. The van der Waals surface area contributed by atoms with E-state index >= 15 is 0 Å². The molecule has 1 heterocycles. The number of likely N-dealkylation sites (tertiary alicyclic amines) is 1. The summed E-state index contributed by atoms with van der Waals surface area (Å²) in [6.45, 7) is 0.719. The summed E-state index contributed by atoms with van der Waals surface area (Å²) < 4.78 is 0. The van der Waals surface area contributed by atoms with Gasteiger partial charge >= 0.3 is 0 Å². The van der Waals surface area contributed by atoms with Crippen LogP contribution in [0.4, 0.5) is 4.79 Å². The van der Waals surface area contributed by atoms with E-state index in [0.717, 1.165) is 0 Å². The van der Waals surface area contributed by atoms with Crippen LogP contribution in [0.25, 0.3) is 0 Å². The molecule has 0 aliphatic carbocycles. The smallest absolute Gasteiger partial charge is 0.136 e. The van der Waals surface area contributed by atoms with Crippen molar-refractivity contribution in [1.82, 2.24) is 4.90 Å². The lowest BCUT2D eigenvalue weighted by molar-refractivity contribution is -0.267. The van der Waals surface area contributed by atoms with Crippen LogP contribution in [0.15, 0.2) is 0 Å². The van der Waals surface area contributed by atoms with Crippen LogP contribution in [0.5, 0.6) is 0 Å². The average molecular weight is 173 g/mol. The minimum Gasteiger partial charge on any atom is -0.530 e. The predicted molar refractivity (Wildman–Crippen MR) is 40.1 cm³/mol. The summed E-state index contributed by atoms with van der Waals surface area (Å²) in [6.07, 6.45) is -0.562. The zero-order valence-corrected chi connectivity index (χ0v) is 6.77. The number of carbonyl (C=O) groups is 1. The molecule has 0 unspecified atom stereocenters. The first-order valence-corrected chi connectivity index (χ1v) is 3.97. The number of hydrogen-bond donors (Lipinski definition) is 2. The first kappa shape index (κ1) is 9.28. The second-order valence-electron chi connectivity index (χ2n) is 3.11. The molecule has 0 aromatic rings. The number of nitrogens with two attached hydrogens (primary N) is 1. The lowest BCUT2D eigenvalue weighted by Gasteiger charge is -2.37. The van der Waals surface area contributed by atoms with Crippen molar-refractivity contribution in [2.75, 3.05) is 19.7 Å². The maximum Gasteiger partial charge on any atom is 0.136 e. The van der Waals surface area contributed by atoms with Crippen LogP contribution in [0.3, 0.4) is 0 Å². The first-order valence-electron chi connectivity index (χ1n) is 3.97. The molecule has 70 valence electrons. The molecule has 1 aliphatic heterocycles. The largest absolute Gasteiger partial charge is 0.530 e. The molecule has 1 fully saturated rings. The summed E-state index contributed by atoms with van der Waals surface area (Å²) in [5.74, 6) is 0.0283. The predicted octanol–water partition coefficient (Wildman–Crippen LogP) is -2.03. The molecule has 2 atom stereocenters. The zero-order chi connectivity index (χ0) is 9.14. The van der Waals surface area contributed by atoms with Gasteiger partial charge in [0.1, 0.15) is 6.09 Å². The second-order valence-corrected chi connectivity index (χ2v) is 3.11. The highest BCUT2D eigenvalue weighted by Gasteiger charge is 2.25. The molecule has 5 heteroatoms. The minimum absolute atomic E-state index is 0.0283. The summed E-state index contributed by atoms with van der Waals surface area (Å²) in [5, 5.41) is 19.2. The van der Waals surface area contributed by atoms with Gasteiger partial charge in [0.2, 0.25) is 0 Å². The first-order chi connectivity index (χ1) is 5.65. The van der Waals surface area contributed by atoms with Crippen LogP contribution >= 0.6 is 0 Å². The Hall–Kier alpha value is -0.810. The summed E-state index contributed by atoms with van der Waals surface area (Å²) >= 11 is 0. The number of nitrogens with zero attached hydrogens (tertiary/aromatic N) is 1. The second kappa shape index (κ2) is 3.73. The summed E-state index contributed by atoms with van der Waals surface area (Å²) in [4.78, 5) is 11.6. The van der Waals surface area contributed by atoms with Crippen molar-refractivity contribution >= 4 is 6.09 Å². The van der Waals surface area contributed by atoms with Crippen molar-refractivity contribution in [3.63, 3.8) is 0 Å². The van der Waals surface area contributed by atoms with Crippen molar-refractivity contribution in [2.45, 2.75) is 12.5 Å². The Morgan fingerprint density at radius 3 is 2.83 bits per heavy atom. The lowest BCUT2D eigenvalue weighted by Crippen LogP contribution is -2.54. The van der Waals surface area contributed by atoms with Gasteiger partial charge in [-0.1, -0.05) is 0 Å². The van der Waals surface area contributed by atoms with Crippen molar-refractivity contribution in [2.24, 2.45) is 11.7 Å². The maximum atomic E-state index is 10.4. The van der Waals surface area contributed by atoms with E-state index < -0.39 is 6.09 Å². The van der Waals surface area contributed by atoms with E-state index in [1.807, 2.05) is 0 Å².